The van der Waals surface area contributed by atoms with Crippen LogP contribution >= 0.6 is 0 Å². The highest BCUT2D eigenvalue weighted by Crippen LogP contribution is 2.33. The van der Waals surface area contributed by atoms with Gasteiger partial charge in [-0.25, -0.2) is 0 Å². The zero-order valence-corrected chi connectivity index (χ0v) is 17.0. The molecule has 4 rings (SSSR count). The van der Waals surface area contributed by atoms with Crippen molar-refractivity contribution in [1.29, 1.82) is 0 Å². The van der Waals surface area contributed by atoms with Gasteiger partial charge in [0.2, 0.25) is 0 Å². The largest absolute Gasteiger partial charge is 0.0776 e. The first-order valence-electron chi connectivity index (χ1n) is 10.4. The lowest BCUT2D eigenvalue weighted by molar-refractivity contribution is 0.772. The Morgan fingerprint density at radius 2 is 0.679 bits per heavy atom. The van der Waals surface area contributed by atoms with Gasteiger partial charge >= 0.3 is 0 Å². The van der Waals surface area contributed by atoms with Crippen molar-refractivity contribution in [2.45, 2.75) is 81.1 Å². The summed E-state index contributed by atoms with van der Waals surface area (Å²) in [6, 6.07) is 21.9. The van der Waals surface area contributed by atoms with Crippen molar-refractivity contribution in [2.75, 3.05) is 0 Å². The van der Waals surface area contributed by atoms with Crippen LogP contribution in [0.5, 0.6) is 0 Å². The second kappa shape index (κ2) is 14.0. The second-order valence-electron chi connectivity index (χ2n) is 7.00. The molecule has 0 unspecified atom stereocenters. The van der Waals surface area contributed by atoms with E-state index in [4.69, 9.17) is 0 Å². The zero-order valence-electron chi connectivity index (χ0n) is 17.0. The number of hydrogen-bond acceptors (Lipinski definition) is 0. The first kappa shape index (κ1) is 25.9. The summed E-state index contributed by atoms with van der Waals surface area (Å²) in [6.07, 6.45) is 8.15. The molecule has 0 fully saturated rings. The summed E-state index contributed by atoms with van der Waals surface area (Å²) >= 11 is 0. The molecular formula is C28H42. The summed E-state index contributed by atoms with van der Waals surface area (Å²) in [5, 5.41) is 8.14. The van der Waals surface area contributed by atoms with Gasteiger partial charge < -0.3 is 0 Å². The van der Waals surface area contributed by atoms with E-state index < -0.39 is 0 Å². The molecule has 0 spiro atoms. The minimum Gasteiger partial charge on any atom is -0.0776 e. The van der Waals surface area contributed by atoms with Crippen LogP contribution in [-0.4, -0.2) is 0 Å². The van der Waals surface area contributed by atoms with E-state index in [0.717, 1.165) is 0 Å². The normalized spacial score (nSPS) is 9.71. The van der Waals surface area contributed by atoms with Crippen LogP contribution < -0.4 is 0 Å². The minimum atomic E-state index is 0. The Labute approximate surface area is 174 Å². The fourth-order valence-electron chi connectivity index (χ4n) is 3.38. The Morgan fingerprint density at radius 1 is 0.429 bits per heavy atom. The molecule has 0 heteroatoms. The second-order valence-corrected chi connectivity index (χ2v) is 7.00. The Balaban J connectivity index is 0.000000521. The first-order valence-corrected chi connectivity index (χ1v) is 10.4. The van der Waals surface area contributed by atoms with Gasteiger partial charge in [0.15, 0.2) is 0 Å². The van der Waals surface area contributed by atoms with Crippen LogP contribution in [0.2, 0.25) is 0 Å². The number of rotatable bonds is 4. The molecule has 0 aliphatic rings. The molecule has 0 nitrogen and oxygen atoms in total. The average molecular weight is 379 g/mol. The monoisotopic (exact) mass is 378 g/mol. The van der Waals surface area contributed by atoms with Crippen molar-refractivity contribution in [3.8, 4) is 0 Å². The molecule has 154 valence electrons. The summed E-state index contributed by atoms with van der Waals surface area (Å²) in [4.78, 5) is 0. The third-order valence-electron chi connectivity index (χ3n) is 4.81. The van der Waals surface area contributed by atoms with Gasteiger partial charge in [0, 0.05) is 0 Å². The topological polar surface area (TPSA) is 0 Å². The van der Waals surface area contributed by atoms with Crippen LogP contribution in [0, 0.1) is 0 Å². The van der Waals surface area contributed by atoms with Gasteiger partial charge in [-0.2, -0.15) is 0 Å². The van der Waals surface area contributed by atoms with Gasteiger partial charge in [0.1, 0.15) is 0 Å². The summed E-state index contributed by atoms with van der Waals surface area (Å²) in [5.74, 6) is 0. The highest BCUT2D eigenvalue weighted by atomic mass is 14.1. The lowest BCUT2D eigenvalue weighted by Crippen LogP contribution is -1.82. The van der Waals surface area contributed by atoms with Crippen molar-refractivity contribution in [1.82, 2.24) is 0 Å². The van der Waals surface area contributed by atoms with Crippen LogP contribution in [0.1, 0.15) is 81.1 Å². The molecule has 0 radical (unpaired) electrons. The van der Waals surface area contributed by atoms with Crippen molar-refractivity contribution in [3.63, 3.8) is 0 Å². The molecule has 0 bridgehead atoms. The molecular weight excluding hydrogens is 336 g/mol. The predicted molar refractivity (Wildman–Crippen MR) is 134 cm³/mol. The zero-order chi connectivity index (χ0) is 18.8. The Kier molecular flexibility index (Phi) is 13.0. The van der Waals surface area contributed by atoms with E-state index >= 15 is 0 Å². The van der Waals surface area contributed by atoms with Gasteiger partial charge in [-0.3, -0.25) is 0 Å². The lowest BCUT2D eigenvalue weighted by atomic mass is 9.95. The van der Waals surface area contributed by atoms with Gasteiger partial charge in [0.25, 0.3) is 0 Å². The summed E-state index contributed by atoms with van der Waals surface area (Å²) < 4.78 is 0. The van der Waals surface area contributed by atoms with Crippen molar-refractivity contribution >= 4 is 32.3 Å². The van der Waals surface area contributed by atoms with Gasteiger partial charge in [-0.1, -0.05) is 142 Å². The van der Waals surface area contributed by atoms with E-state index in [9.17, 15) is 0 Å². The SMILES string of the molecule is C.C.CCCCC.CCCCC.c1cc2ccc3cccc4ccc(c1)c2c34. The Bertz CT molecular complexity index is 748. The van der Waals surface area contributed by atoms with E-state index in [1.165, 1.54) is 70.8 Å². The van der Waals surface area contributed by atoms with E-state index in [-0.39, 0.29) is 14.9 Å². The first-order chi connectivity index (χ1) is 12.8. The molecule has 4 aromatic carbocycles. The molecule has 0 N–H and O–H groups in total. The maximum Gasteiger partial charge on any atom is -0.00268 e. The molecule has 0 atom stereocenters. The fourth-order valence-corrected chi connectivity index (χ4v) is 3.38. The molecule has 0 aliphatic heterocycles. The minimum absolute atomic E-state index is 0. The van der Waals surface area contributed by atoms with Gasteiger partial charge in [-0.15, -0.1) is 0 Å². The van der Waals surface area contributed by atoms with Crippen molar-refractivity contribution in [3.05, 3.63) is 60.7 Å². The molecule has 0 saturated heterocycles. The van der Waals surface area contributed by atoms with Crippen molar-refractivity contribution in [2.24, 2.45) is 0 Å². The molecule has 28 heavy (non-hydrogen) atoms. The third kappa shape index (κ3) is 6.51. The number of benzene rings is 4. The highest BCUT2D eigenvalue weighted by Gasteiger charge is 2.05. The molecule has 4 aromatic rings. The van der Waals surface area contributed by atoms with Crippen LogP contribution in [0.3, 0.4) is 0 Å². The number of unbranched alkanes of at least 4 members (excludes halogenated alkanes) is 4. The van der Waals surface area contributed by atoms with Crippen LogP contribution in [0.25, 0.3) is 32.3 Å². The Hall–Kier alpha value is -2.08. The van der Waals surface area contributed by atoms with Crippen LogP contribution in [0.4, 0.5) is 0 Å². The van der Waals surface area contributed by atoms with Gasteiger partial charge in [-0.05, 0) is 32.3 Å². The molecule has 0 saturated carbocycles. The maximum atomic E-state index is 2.21. The number of hydrogen-bond donors (Lipinski definition) is 0. The summed E-state index contributed by atoms with van der Waals surface area (Å²) in [5.41, 5.74) is 0. The lowest BCUT2D eigenvalue weighted by Gasteiger charge is -2.09. The summed E-state index contributed by atoms with van der Waals surface area (Å²) in [6.45, 7) is 8.85. The van der Waals surface area contributed by atoms with E-state index in [1.807, 2.05) is 0 Å². The van der Waals surface area contributed by atoms with Gasteiger partial charge in [0.05, 0.1) is 0 Å². The molecule has 0 heterocycles. The molecule has 0 amide bonds. The Morgan fingerprint density at radius 3 is 0.857 bits per heavy atom. The highest BCUT2D eigenvalue weighted by molar-refractivity contribution is 6.22. The summed E-state index contributed by atoms with van der Waals surface area (Å²) in [7, 11) is 0. The average Bonchev–Trinajstić information content (AvgIpc) is 2.69. The molecule has 0 aromatic heterocycles. The fraction of sp³-hybridized carbons (Fsp3) is 0.429. The maximum absolute atomic E-state index is 2.21. The van der Waals surface area contributed by atoms with Crippen LogP contribution in [-0.2, 0) is 0 Å². The van der Waals surface area contributed by atoms with Crippen molar-refractivity contribution < 1.29 is 0 Å². The predicted octanol–water partition coefficient (Wildman–Crippen LogP) is 10.2. The molecule has 0 aliphatic carbocycles. The van der Waals surface area contributed by atoms with E-state index in [1.54, 1.807) is 0 Å². The van der Waals surface area contributed by atoms with Crippen LogP contribution in [0.15, 0.2) is 60.7 Å². The quantitative estimate of drug-likeness (QED) is 0.310. The van der Waals surface area contributed by atoms with E-state index in [0.29, 0.717) is 0 Å². The third-order valence-corrected chi connectivity index (χ3v) is 4.81. The smallest absolute Gasteiger partial charge is 0.00268 e. The van der Waals surface area contributed by atoms with E-state index in [2.05, 4.69) is 88.4 Å². The standard InChI is InChI=1S/C16H10.2C5H12.2CH4/c1-3-11-7-9-13-5-2-6-14-10-8-12(4-1)15(11)16(13)14;2*1-3-5-4-2;;/h1-10H;2*3-5H2,1-2H3;2*1H4.